The van der Waals surface area contributed by atoms with E-state index in [4.69, 9.17) is 0 Å². The van der Waals surface area contributed by atoms with E-state index in [0.29, 0.717) is 15.4 Å². The third-order valence-electron chi connectivity index (χ3n) is 5.67. The summed E-state index contributed by atoms with van der Waals surface area (Å²) in [5, 5.41) is 5.10. The molecule has 1 aromatic heterocycles. The fourth-order valence-electron chi connectivity index (χ4n) is 4.05. The van der Waals surface area contributed by atoms with Gasteiger partial charge in [-0.05, 0) is 30.3 Å². The SMILES string of the molecule is Cn1nc(CN2C(=O)N(Cc3c(F)cccc3F)c3ccccc3S2(=O)=O)c2ccccc21. The summed E-state index contributed by atoms with van der Waals surface area (Å²) in [6.45, 7) is -0.795. The van der Waals surface area contributed by atoms with Crippen LogP contribution in [0.15, 0.2) is 71.6 Å². The highest BCUT2D eigenvalue weighted by atomic mass is 32.2. The molecule has 5 rings (SSSR count). The van der Waals surface area contributed by atoms with Gasteiger partial charge in [0.1, 0.15) is 16.5 Å². The molecule has 0 saturated carbocycles. The van der Waals surface area contributed by atoms with Crippen molar-refractivity contribution in [3.8, 4) is 0 Å². The fourth-order valence-corrected chi connectivity index (χ4v) is 5.57. The molecule has 0 N–H and O–H groups in total. The molecule has 33 heavy (non-hydrogen) atoms. The van der Waals surface area contributed by atoms with Crippen LogP contribution in [0, 0.1) is 11.6 Å². The molecule has 4 aromatic rings. The van der Waals surface area contributed by atoms with Gasteiger partial charge in [-0.15, -0.1) is 0 Å². The molecule has 0 aliphatic carbocycles. The first-order valence-corrected chi connectivity index (χ1v) is 11.5. The van der Waals surface area contributed by atoms with E-state index in [2.05, 4.69) is 5.10 Å². The average molecular weight is 468 g/mol. The Morgan fingerprint density at radius 2 is 1.55 bits per heavy atom. The minimum Gasteiger partial charge on any atom is -0.287 e. The second kappa shape index (κ2) is 7.66. The third-order valence-corrected chi connectivity index (χ3v) is 7.44. The van der Waals surface area contributed by atoms with Gasteiger partial charge in [0.05, 0.1) is 30.0 Å². The van der Waals surface area contributed by atoms with E-state index < -0.39 is 34.2 Å². The first-order chi connectivity index (χ1) is 15.8. The number of para-hydroxylation sites is 2. The molecule has 2 amide bonds. The van der Waals surface area contributed by atoms with Crippen molar-refractivity contribution in [1.82, 2.24) is 14.1 Å². The number of benzene rings is 3. The van der Waals surface area contributed by atoms with Crippen LogP contribution in [0.4, 0.5) is 19.3 Å². The van der Waals surface area contributed by atoms with Crippen molar-refractivity contribution in [2.24, 2.45) is 7.05 Å². The summed E-state index contributed by atoms with van der Waals surface area (Å²) in [5.74, 6) is -1.65. The van der Waals surface area contributed by atoms with Crippen molar-refractivity contribution >= 4 is 32.6 Å². The van der Waals surface area contributed by atoms with E-state index >= 15 is 0 Å². The van der Waals surface area contributed by atoms with Crippen molar-refractivity contribution in [2.75, 3.05) is 4.90 Å². The van der Waals surface area contributed by atoms with Gasteiger partial charge >= 0.3 is 6.03 Å². The molecule has 0 unspecified atom stereocenters. The van der Waals surface area contributed by atoms with Gasteiger partial charge in [-0.2, -0.15) is 5.10 Å². The van der Waals surface area contributed by atoms with Crippen LogP contribution in [-0.2, 0) is 30.2 Å². The molecule has 10 heteroatoms. The molecule has 0 spiro atoms. The summed E-state index contributed by atoms with van der Waals surface area (Å²) < 4.78 is 57.8. The lowest BCUT2D eigenvalue weighted by molar-refractivity contribution is 0.225. The number of halogens is 2. The van der Waals surface area contributed by atoms with Crippen molar-refractivity contribution in [1.29, 1.82) is 0 Å². The number of carbonyl (C=O) groups is 1. The number of fused-ring (bicyclic) bond motifs is 2. The van der Waals surface area contributed by atoms with Crippen LogP contribution in [0.25, 0.3) is 10.9 Å². The van der Waals surface area contributed by atoms with Crippen LogP contribution in [0.1, 0.15) is 11.3 Å². The van der Waals surface area contributed by atoms with Crippen LogP contribution in [0.2, 0.25) is 0 Å². The standard InChI is InChI=1S/C23H18F2N4O3S/c1-27-20-10-3-2-7-15(20)19(26-27)14-29-23(30)28(13-16-17(24)8-6-9-18(16)25)21-11-4-5-12-22(21)33(29,31)32/h2-12H,13-14H2,1H3. The quantitative estimate of drug-likeness (QED) is 0.450. The number of rotatable bonds is 4. The summed E-state index contributed by atoms with van der Waals surface area (Å²) in [5.41, 5.74) is 0.900. The first kappa shape index (κ1) is 21.1. The van der Waals surface area contributed by atoms with E-state index in [-0.39, 0.29) is 22.7 Å². The molecule has 0 atom stereocenters. The third kappa shape index (κ3) is 3.34. The maximum absolute atomic E-state index is 14.4. The van der Waals surface area contributed by atoms with Crippen molar-refractivity contribution in [3.63, 3.8) is 0 Å². The Morgan fingerprint density at radius 3 is 2.30 bits per heavy atom. The molecular formula is C23H18F2N4O3S. The Balaban J connectivity index is 1.63. The fraction of sp³-hybridized carbons (Fsp3) is 0.130. The van der Waals surface area contributed by atoms with Crippen LogP contribution in [0.3, 0.4) is 0 Å². The Morgan fingerprint density at radius 1 is 0.879 bits per heavy atom. The topological polar surface area (TPSA) is 75.5 Å². The van der Waals surface area contributed by atoms with Gasteiger partial charge in [0.2, 0.25) is 0 Å². The summed E-state index contributed by atoms with van der Waals surface area (Å²) in [6, 6.07) is 15.6. The molecular weight excluding hydrogens is 450 g/mol. The van der Waals surface area contributed by atoms with Gasteiger partial charge in [-0.3, -0.25) is 9.58 Å². The summed E-state index contributed by atoms with van der Waals surface area (Å²) in [4.78, 5) is 14.4. The predicted octanol–water partition coefficient (Wildman–Crippen LogP) is 4.18. The summed E-state index contributed by atoms with van der Waals surface area (Å²) in [7, 11) is -2.51. The molecule has 0 saturated heterocycles. The number of aryl methyl sites for hydroxylation is 1. The lowest BCUT2D eigenvalue weighted by atomic mass is 10.1. The molecule has 7 nitrogen and oxygen atoms in total. The lowest BCUT2D eigenvalue weighted by Gasteiger charge is -2.36. The van der Waals surface area contributed by atoms with E-state index in [1.54, 1.807) is 29.9 Å². The Bertz CT molecular complexity index is 1500. The number of carbonyl (C=O) groups excluding carboxylic acids is 1. The van der Waals surface area contributed by atoms with Gasteiger partial charge in [0, 0.05) is 18.0 Å². The highest BCUT2D eigenvalue weighted by Crippen LogP contribution is 2.37. The number of urea groups is 1. The van der Waals surface area contributed by atoms with Crippen LogP contribution in [-0.4, -0.2) is 28.5 Å². The van der Waals surface area contributed by atoms with E-state index in [9.17, 15) is 22.0 Å². The van der Waals surface area contributed by atoms with E-state index in [1.807, 2.05) is 12.1 Å². The average Bonchev–Trinajstić information content (AvgIpc) is 3.12. The molecule has 168 valence electrons. The first-order valence-electron chi connectivity index (χ1n) is 10.1. The maximum Gasteiger partial charge on any atom is 0.339 e. The summed E-state index contributed by atoms with van der Waals surface area (Å²) in [6.07, 6.45) is 0. The van der Waals surface area contributed by atoms with Crippen LogP contribution in [0.5, 0.6) is 0 Å². The molecule has 3 aromatic carbocycles. The zero-order chi connectivity index (χ0) is 23.3. The zero-order valence-electron chi connectivity index (χ0n) is 17.4. The summed E-state index contributed by atoms with van der Waals surface area (Å²) >= 11 is 0. The van der Waals surface area contributed by atoms with Gasteiger partial charge in [-0.25, -0.2) is 26.3 Å². The van der Waals surface area contributed by atoms with Crippen molar-refractivity contribution in [2.45, 2.75) is 18.0 Å². The van der Waals surface area contributed by atoms with E-state index in [1.165, 1.54) is 24.3 Å². The number of hydrogen-bond acceptors (Lipinski definition) is 4. The molecule has 2 heterocycles. The number of aromatic nitrogens is 2. The number of anilines is 1. The normalized spacial score (nSPS) is 15.2. The van der Waals surface area contributed by atoms with Gasteiger partial charge in [-0.1, -0.05) is 36.4 Å². The van der Waals surface area contributed by atoms with Gasteiger partial charge in [0.25, 0.3) is 10.0 Å². The highest BCUT2D eigenvalue weighted by molar-refractivity contribution is 7.90. The predicted molar refractivity (Wildman–Crippen MR) is 118 cm³/mol. The van der Waals surface area contributed by atoms with Crippen molar-refractivity contribution < 1.29 is 22.0 Å². The van der Waals surface area contributed by atoms with Crippen molar-refractivity contribution in [3.05, 3.63) is 89.6 Å². The number of sulfonamides is 1. The molecule has 0 bridgehead atoms. The Kier molecular flexibility index (Phi) is 4.89. The second-order valence-corrected chi connectivity index (χ2v) is 9.47. The highest BCUT2D eigenvalue weighted by Gasteiger charge is 2.42. The number of amides is 2. The second-order valence-electron chi connectivity index (χ2n) is 7.64. The number of nitrogens with zero attached hydrogens (tertiary/aromatic N) is 4. The largest absolute Gasteiger partial charge is 0.339 e. The maximum atomic E-state index is 14.4. The minimum atomic E-state index is -4.23. The Labute approximate surface area is 188 Å². The molecule has 1 aliphatic rings. The van der Waals surface area contributed by atoms with E-state index in [0.717, 1.165) is 22.5 Å². The van der Waals surface area contributed by atoms with Gasteiger partial charge in [0.15, 0.2) is 0 Å². The minimum absolute atomic E-state index is 0.0623. The lowest BCUT2D eigenvalue weighted by Crippen LogP contribution is -2.50. The monoisotopic (exact) mass is 468 g/mol. The molecule has 0 fully saturated rings. The van der Waals surface area contributed by atoms with Crippen LogP contribution < -0.4 is 4.90 Å². The molecule has 1 aliphatic heterocycles. The molecule has 0 radical (unpaired) electrons. The Hall–Kier alpha value is -3.79. The smallest absolute Gasteiger partial charge is 0.287 e. The zero-order valence-corrected chi connectivity index (χ0v) is 18.3. The van der Waals surface area contributed by atoms with Gasteiger partial charge < -0.3 is 0 Å². The van der Waals surface area contributed by atoms with Crippen LogP contribution >= 0.6 is 0 Å². The number of hydrogen-bond donors (Lipinski definition) is 0.